The number of hydrogen-bond donors (Lipinski definition) is 1. The van der Waals surface area contributed by atoms with Crippen molar-refractivity contribution in [2.75, 3.05) is 13.4 Å². The molecule has 3 nitrogen and oxygen atoms in total. The Morgan fingerprint density at radius 2 is 2.06 bits per heavy atom. The number of hydrogen-bond acceptors (Lipinski definition) is 3. The molecule has 90 valence electrons. The topological polar surface area (TPSA) is 38.7 Å². The lowest BCUT2D eigenvalue weighted by Crippen LogP contribution is -2.07. The Morgan fingerprint density at radius 1 is 1.31 bits per heavy atom. The van der Waals surface area contributed by atoms with E-state index >= 15 is 0 Å². The van der Waals surface area contributed by atoms with Crippen LogP contribution in [0.25, 0.3) is 0 Å². The van der Waals surface area contributed by atoms with Gasteiger partial charge in [-0.05, 0) is 18.4 Å². The van der Waals surface area contributed by atoms with Gasteiger partial charge in [-0.1, -0.05) is 32.0 Å². The van der Waals surface area contributed by atoms with Gasteiger partial charge in [0.05, 0.1) is 6.61 Å². The normalized spacial score (nSPS) is 10.8. The fourth-order valence-electron chi connectivity index (χ4n) is 1.54. The van der Waals surface area contributed by atoms with Crippen LogP contribution in [0, 0.1) is 0 Å². The maximum Gasteiger partial charge on any atom is 0.189 e. The second kappa shape index (κ2) is 6.51. The number of benzene rings is 1. The molecule has 0 saturated carbocycles. The SMILES string of the molecule is CCOCOc1c(CO)cccc1C(C)C. The highest BCUT2D eigenvalue weighted by atomic mass is 16.7. The van der Waals surface area contributed by atoms with E-state index in [1.165, 1.54) is 0 Å². The van der Waals surface area contributed by atoms with Crippen LogP contribution in [0.5, 0.6) is 5.75 Å². The number of para-hydroxylation sites is 1. The Balaban J connectivity index is 2.91. The van der Waals surface area contributed by atoms with Crippen LogP contribution in [-0.2, 0) is 11.3 Å². The van der Waals surface area contributed by atoms with Crippen molar-refractivity contribution in [3.05, 3.63) is 29.3 Å². The molecule has 1 N–H and O–H groups in total. The number of aliphatic hydroxyl groups excluding tert-OH is 1. The zero-order chi connectivity index (χ0) is 12.0. The molecule has 0 spiro atoms. The highest BCUT2D eigenvalue weighted by Gasteiger charge is 2.11. The second-order valence-corrected chi connectivity index (χ2v) is 3.90. The van der Waals surface area contributed by atoms with E-state index in [1.54, 1.807) is 0 Å². The molecule has 0 fully saturated rings. The van der Waals surface area contributed by atoms with Crippen LogP contribution in [0.2, 0.25) is 0 Å². The predicted octanol–water partition coefficient (Wildman–Crippen LogP) is 2.68. The molecule has 0 aliphatic rings. The molecule has 0 unspecified atom stereocenters. The third-order valence-electron chi connectivity index (χ3n) is 2.41. The molecule has 3 heteroatoms. The number of aliphatic hydroxyl groups is 1. The summed E-state index contributed by atoms with van der Waals surface area (Å²) < 4.78 is 10.7. The number of ether oxygens (including phenoxy) is 2. The van der Waals surface area contributed by atoms with Crippen molar-refractivity contribution in [3.63, 3.8) is 0 Å². The Labute approximate surface area is 97.0 Å². The predicted molar refractivity (Wildman–Crippen MR) is 63.6 cm³/mol. The zero-order valence-corrected chi connectivity index (χ0v) is 10.2. The van der Waals surface area contributed by atoms with E-state index in [0.717, 1.165) is 16.9 Å². The molecule has 0 heterocycles. The summed E-state index contributed by atoms with van der Waals surface area (Å²) in [6, 6.07) is 5.83. The maximum absolute atomic E-state index is 9.26. The summed E-state index contributed by atoms with van der Waals surface area (Å²) in [5.74, 6) is 1.12. The minimum atomic E-state index is -0.0119. The molecule has 1 aromatic carbocycles. The van der Waals surface area contributed by atoms with Gasteiger partial charge in [-0.25, -0.2) is 0 Å². The third kappa shape index (κ3) is 3.22. The molecular formula is C13H20O3. The molecule has 0 aromatic heterocycles. The smallest absolute Gasteiger partial charge is 0.189 e. The van der Waals surface area contributed by atoms with Gasteiger partial charge in [-0.2, -0.15) is 0 Å². The molecule has 1 aromatic rings. The Kier molecular flexibility index (Phi) is 5.29. The van der Waals surface area contributed by atoms with Crippen molar-refractivity contribution in [1.82, 2.24) is 0 Å². The summed E-state index contributed by atoms with van der Waals surface area (Å²) >= 11 is 0. The van der Waals surface area contributed by atoms with Crippen LogP contribution >= 0.6 is 0 Å². The molecule has 0 amide bonds. The number of rotatable bonds is 6. The van der Waals surface area contributed by atoms with Gasteiger partial charge in [0.1, 0.15) is 5.75 Å². The lowest BCUT2D eigenvalue weighted by atomic mass is 9.99. The minimum Gasteiger partial charge on any atom is -0.467 e. The van der Waals surface area contributed by atoms with Crippen LogP contribution in [0.1, 0.15) is 37.8 Å². The van der Waals surface area contributed by atoms with Crippen molar-refractivity contribution >= 4 is 0 Å². The van der Waals surface area contributed by atoms with Crippen LogP contribution in [0.3, 0.4) is 0 Å². The van der Waals surface area contributed by atoms with Crippen molar-refractivity contribution in [1.29, 1.82) is 0 Å². The molecule has 16 heavy (non-hydrogen) atoms. The third-order valence-corrected chi connectivity index (χ3v) is 2.41. The molecule has 0 bridgehead atoms. The van der Waals surface area contributed by atoms with E-state index in [4.69, 9.17) is 9.47 Å². The van der Waals surface area contributed by atoms with Gasteiger partial charge in [0, 0.05) is 12.2 Å². The summed E-state index contributed by atoms with van der Waals surface area (Å²) in [7, 11) is 0. The van der Waals surface area contributed by atoms with Gasteiger partial charge in [0.2, 0.25) is 0 Å². The Bertz CT molecular complexity index is 321. The van der Waals surface area contributed by atoms with E-state index in [9.17, 15) is 5.11 Å². The van der Waals surface area contributed by atoms with E-state index < -0.39 is 0 Å². The first-order valence-corrected chi connectivity index (χ1v) is 5.63. The first-order valence-electron chi connectivity index (χ1n) is 5.63. The highest BCUT2D eigenvalue weighted by molar-refractivity contribution is 5.42. The lowest BCUT2D eigenvalue weighted by Gasteiger charge is -2.16. The molecule has 1 rings (SSSR count). The first-order chi connectivity index (χ1) is 7.70. The van der Waals surface area contributed by atoms with E-state index in [1.807, 2.05) is 25.1 Å². The van der Waals surface area contributed by atoms with Gasteiger partial charge >= 0.3 is 0 Å². The molecule has 0 aliphatic carbocycles. The summed E-state index contributed by atoms with van der Waals surface area (Å²) in [4.78, 5) is 0. The quantitative estimate of drug-likeness (QED) is 0.596. The zero-order valence-electron chi connectivity index (χ0n) is 10.2. The average molecular weight is 224 g/mol. The van der Waals surface area contributed by atoms with Crippen LogP contribution < -0.4 is 4.74 Å². The average Bonchev–Trinajstić information content (AvgIpc) is 2.29. The monoisotopic (exact) mass is 224 g/mol. The maximum atomic E-state index is 9.26. The fourth-order valence-corrected chi connectivity index (χ4v) is 1.54. The van der Waals surface area contributed by atoms with Gasteiger partial charge in [0.25, 0.3) is 0 Å². The first kappa shape index (κ1) is 13.0. The summed E-state index contributed by atoms with van der Waals surface area (Å²) in [5, 5.41) is 9.26. The van der Waals surface area contributed by atoms with Gasteiger partial charge in [0.15, 0.2) is 6.79 Å². The van der Waals surface area contributed by atoms with Crippen LogP contribution in [0.15, 0.2) is 18.2 Å². The van der Waals surface area contributed by atoms with Crippen molar-refractivity contribution < 1.29 is 14.6 Å². The molecule has 0 saturated heterocycles. The van der Waals surface area contributed by atoms with Gasteiger partial charge < -0.3 is 14.6 Å². The van der Waals surface area contributed by atoms with Crippen LogP contribution in [-0.4, -0.2) is 18.5 Å². The van der Waals surface area contributed by atoms with Crippen molar-refractivity contribution in [3.8, 4) is 5.75 Å². The van der Waals surface area contributed by atoms with Crippen LogP contribution in [0.4, 0.5) is 0 Å². The standard InChI is InChI=1S/C13H20O3/c1-4-15-9-16-13-11(8-14)6-5-7-12(13)10(2)3/h5-7,10,14H,4,8-9H2,1-3H3. The molecule has 0 aliphatic heterocycles. The van der Waals surface area contributed by atoms with E-state index in [-0.39, 0.29) is 13.4 Å². The van der Waals surface area contributed by atoms with E-state index in [2.05, 4.69) is 13.8 Å². The largest absolute Gasteiger partial charge is 0.467 e. The molecule has 0 radical (unpaired) electrons. The molecule has 0 atom stereocenters. The van der Waals surface area contributed by atoms with Crippen molar-refractivity contribution in [2.45, 2.75) is 33.3 Å². The fraction of sp³-hybridized carbons (Fsp3) is 0.538. The van der Waals surface area contributed by atoms with E-state index in [0.29, 0.717) is 12.5 Å². The Morgan fingerprint density at radius 3 is 2.62 bits per heavy atom. The Hall–Kier alpha value is -1.06. The summed E-state index contributed by atoms with van der Waals surface area (Å²) in [6.07, 6.45) is 0. The highest BCUT2D eigenvalue weighted by Crippen LogP contribution is 2.30. The second-order valence-electron chi connectivity index (χ2n) is 3.90. The minimum absolute atomic E-state index is 0.0119. The van der Waals surface area contributed by atoms with Gasteiger partial charge in [-0.3, -0.25) is 0 Å². The van der Waals surface area contributed by atoms with Gasteiger partial charge in [-0.15, -0.1) is 0 Å². The summed E-state index contributed by atoms with van der Waals surface area (Å²) in [5.41, 5.74) is 1.91. The lowest BCUT2D eigenvalue weighted by molar-refractivity contribution is 0.0205. The van der Waals surface area contributed by atoms with Crippen molar-refractivity contribution in [2.24, 2.45) is 0 Å². The molecular weight excluding hydrogens is 204 g/mol. The summed E-state index contributed by atoms with van der Waals surface area (Å²) in [6.45, 7) is 6.96.